The number of amides is 1. The molecule has 0 spiro atoms. The minimum Gasteiger partial charge on any atom is -0.491 e. The van der Waals surface area contributed by atoms with Gasteiger partial charge < -0.3 is 10.1 Å². The molecular weight excluding hydrogens is 379 g/mol. The molecular formula is C25H27FN2O2. The molecule has 3 aromatic rings. The van der Waals surface area contributed by atoms with E-state index in [9.17, 15) is 9.18 Å². The van der Waals surface area contributed by atoms with Crippen molar-refractivity contribution in [1.29, 1.82) is 0 Å². The van der Waals surface area contributed by atoms with Crippen LogP contribution in [0.15, 0.2) is 54.7 Å². The summed E-state index contributed by atoms with van der Waals surface area (Å²) in [4.78, 5) is 18.0. The zero-order valence-electron chi connectivity index (χ0n) is 17.3. The number of pyridine rings is 1. The van der Waals surface area contributed by atoms with Crippen LogP contribution in [0.3, 0.4) is 0 Å². The molecule has 1 aliphatic carbocycles. The molecule has 1 aliphatic rings. The average Bonchev–Trinajstić information content (AvgIpc) is 3.27. The summed E-state index contributed by atoms with van der Waals surface area (Å²) in [7, 11) is 0. The van der Waals surface area contributed by atoms with Crippen molar-refractivity contribution >= 4 is 22.5 Å². The molecule has 0 bridgehead atoms. The van der Waals surface area contributed by atoms with Crippen LogP contribution >= 0.6 is 0 Å². The van der Waals surface area contributed by atoms with Gasteiger partial charge in [-0.1, -0.05) is 44.4 Å². The van der Waals surface area contributed by atoms with E-state index in [1.54, 1.807) is 24.4 Å². The zero-order chi connectivity index (χ0) is 21.0. The van der Waals surface area contributed by atoms with Crippen LogP contribution in [0.5, 0.6) is 5.75 Å². The molecule has 1 fully saturated rings. The number of halogens is 1. The monoisotopic (exact) mass is 406 g/mol. The van der Waals surface area contributed by atoms with Gasteiger partial charge in [-0.15, -0.1) is 0 Å². The predicted octanol–water partition coefficient (Wildman–Crippen LogP) is 6.00. The minimum absolute atomic E-state index is 0.157. The van der Waals surface area contributed by atoms with Crippen LogP contribution in [0, 0.1) is 5.82 Å². The van der Waals surface area contributed by atoms with Crippen molar-refractivity contribution in [3.05, 3.63) is 66.1 Å². The third-order valence-corrected chi connectivity index (χ3v) is 6.02. The molecule has 1 N–H and O–H groups in total. The number of carbonyl (C=O) groups excluding carboxylic acids is 1. The number of carbonyl (C=O) groups is 1. The first-order valence-electron chi connectivity index (χ1n) is 10.7. The maximum absolute atomic E-state index is 14.6. The molecule has 30 heavy (non-hydrogen) atoms. The van der Waals surface area contributed by atoms with Gasteiger partial charge in [-0.2, -0.15) is 0 Å². The maximum Gasteiger partial charge on any atom is 0.235 e. The largest absolute Gasteiger partial charge is 0.491 e. The third kappa shape index (κ3) is 3.76. The predicted molar refractivity (Wildman–Crippen MR) is 117 cm³/mol. The second-order valence-electron chi connectivity index (χ2n) is 7.94. The highest BCUT2D eigenvalue weighted by Gasteiger charge is 2.44. The molecule has 0 aliphatic heterocycles. The van der Waals surface area contributed by atoms with Gasteiger partial charge in [-0.05, 0) is 49.6 Å². The standard InChI is InChI=1S/C25H27FN2O2/c1-2-3-17-30-22-13-12-21(18-9-8-16-27-23(18)22)28-24(29)25(14-6-7-15-25)19-10-4-5-11-20(19)26/h4-5,8-13,16H,2-3,6-7,14-15,17H2,1H3,(H,28,29). The summed E-state index contributed by atoms with van der Waals surface area (Å²) < 4.78 is 20.5. The number of nitrogens with zero attached hydrogens (tertiary/aromatic N) is 1. The fraction of sp³-hybridized carbons (Fsp3) is 0.360. The van der Waals surface area contributed by atoms with Crippen LogP contribution in [-0.2, 0) is 10.2 Å². The fourth-order valence-electron chi connectivity index (χ4n) is 4.39. The summed E-state index contributed by atoms with van der Waals surface area (Å²) in [6.45, 7) is 2.75. The lowest BCUT2D eigenvalue weighted by Crippen LogP contribution is -2.38. The average molecular weight is 407 g/mol. The first-order valence-corrected chi connectivity index (χ1v) is 10.7. The maximum atomic E-state index is 14.6. The normalized spacial score (nSPS) is 15.3. The Balaban J connectivity index is 1.67. The lowest BCUT2D eigenvalue weighted by molar-refractivity contribution is -0.121. The smallest absolute Gasteiger partial charge is 0.235 e. The summed E-state index contributed by atoms with van der Waals surface area (Å²) in [5, 5.41) is 3.91. The van der Waals surface area contributed by atoms with E-state index in [4.69, 9.17) is 4.74 Å². The quantitative estimate of drug-likeness (QED) is 0.489. The van der Waals surface area contributed by atoms with Crippen molar-refractivity contribution in [2.75, 3.05) is 11.9 Å². The number of benzene rings is 2. The number of nitrogens with one attached hydrogen (secondary N) is 1. The van der Waals surface area contributed by atoms with Gasteiger partial charge in [0.25, 0.3) is 0 Å². The van der Waals surface area contributed by atoms with Crippen LogP contribution in [-0.4, -0.2) is 17.5 Å². The van der Waals surface area contributed by atoms with Crippen LogP contribution in [0.1, 0.15) is 51.0 Å². The highest BCUT2D eigenvalue weighted by Crippen LogP contribution is 2.43. The van der Waals surface area contributed by atoms with E-state index in [1.807, 2.05) is 24.3 Å². The van der Waals surface area contributed by atoms with E-state index < -0.39 is 5.41 Å². The Hall–Kier alpha value is -2.95. The highest BCUT2D eigenvalue weighted by molar-refractivity contribution is 6.06. The Labute approximate surface area is 176 Å². The molecule has 2 aromatic carbocycles. The molecule has 1 saturated carbocycles. The van der Waals surface area contributed by atoms with Gasteiger partial charge in [-0.25, -0.2) is 4.39 Å². The van der Waals surface area contributed by atoms with Gasteiger partial charge in [-0.3, -0.25) is 9.78 Å². The summed E-state index contributed by atoms with van der Waals surface area (Å²) in [5.41, 5.74) is 1.05. The van der Waals surface area contributed by atoms with Crippen molar-refractivity contribution in [3.63, 3.8) is 0 Å². The van der Waals surface area contributed by atoms with Crippen LogP contribution < -0.4 is 10.1 Å². The summed E-state index contributed by atoms with van der Waals surface area (Å²) >= 11 is 0. The molecule has 4 rings (SSSR count). The van der Waals surface area contributed by atoms with Crippen LogP contribution in [0.2, 0.25) is 0 Å². The molecule has 1 amide bonds. The molecule has 4 nitrogen and oxygen atoms in total. The van der Waals surface area contributed by atoms with Crippen LogP contribution in [0.4, 0.5) is 10.1 Å². The number of rotatable bonds is 7. The molecule has 0 radical (unpaired) electrons. The summed E-state index contributed by atoms with van der Waals surface area (Å²) in [6, 6.07) is 14.1. The van der Waals surface area contributed by atoms with E-state index in [0.29, 0.717) is 36.4 Å². The number of aromatic nitrogens is 1. The summed E-state index contributed by atoms with van der Waals surface area (Å²) in [5.74, 6) is 0.234. The first-order chi connectivity index (χ1) is 14.7. The molecule has 5 heteroatoms. The van der Waals surface area contributed by atoms with Gasteiger partial charge in [0.1, 0.15) is 17.1 Å². The van der Waals surface area contributed by atoms with E-state index >= 15 is 0 Å². The highest BCUT2D eigenvalue weighted by atomic mass is 19.1. The van der Waals surface area contributed by atoms with Gasteiger partial charge in [0, 0.05) is 17.1 Å². The topological polar surface area (TPSA) is 51.2 Å². The molecule has 0 saturated heterocycles. The number of hydrogen-bond acceptors (Lipinski definition) is 3. The van der Waals surface area contributed by atoms with E-state index in [-0.39, 0.29) is 11.7 Å². The first kappa shape index (κ1) is 20.3. The fourth-order valence-corrected chi connectivity index (χ4v) is 4.39. The van der Waals surface area contributed by atoms with Gasteiger partial charge >= 0.3 is 0 Å². The number of unbranched alkanes of at least 4 members (excludes halogenated alkanes) is 1. The molecule has 1 aromatic heterocycles. The van der Waals surface area contributed by atoms with Crippen LogP contribution in [0.25, 0.3) is 10.9 Å². The Bertz CT molecular complexity index is 1040. The molecule has 0 unspecified atom stereocenters. The second kappa shape index (κ2) is 8.82. The van der Waals surface area contributed by atoms with Crippen molar-refractivity contribution in [1.82, 2.24) is 4.98 Å². The number of anilines is 1. The number of ether oxygens (including phenoxy) is 1. The third-order valence-electron chi connectivity index (χ3n) is 6.02. The number of hydrogen-bond donors (Lipinski definition) is 1. The Kier molecular flexibility index (Phi) is 5.98. The van der Waals surface area contributed by atoms with Crippen molar-refractivity contribution in [3.8, 4) is 5.75 Å². The molecule has 0 atom stereocenters. The van der Waals surface area contributed by atoms with Gasteiger partial charge in [0.2, 0.25) is 5.91 Å². The Morgan fingerprint density at radius 2 is 1.93 bits per heavy atom. The second-order valence-corrected chi connectivity index (χ2v) is 7.94. The summed E-state index contributed by atoms with van der Waals surface area (Å²) in [6.07, 6.45) is 6.86. The minimum atomic E-state index is -0.837. The lowest BCUT2D eigenvalue weighted by Gasteiger charge is -2.29. The van der Waals surface area contributed by atoms with E-state index in [0.717, 1.165) is 36.6 Å². The van der Waals surface area contributed by atoms with Crippen molar-refractivity contribution in [2.24, 2.45) is 0 Å². The van der Waals surface area contributed by atoms with Gasteiger partial charge in [0.05, 0.1) is 17.7 Å². The van der Waals surface area contributed by atoms with Crippen molar-refractivity contribution < 1.29 is 13.9 Å². The molecule has 1 heterocycles. The van der Waals surface area contributed by atoms with Gasteiger partial charge in [0.15, 0.2) is 0 Å². The zero-order valence-corrected chi connectivity index (χ0v) is 17.3. The Morgan fingerprint density at radius 3 is 2.70 bits per heavy atom. The lowest BCUT2D eigenvalue weighted by atomic mass is 9.77. The Morgan fingerprint density at radius 1 is 1.13 bits per heavy atom. The van der Waals surface area contributed by atoms with E-state index in [1.165, 1.54) is 6.07 Å². The molecule has 156 valence electrons. The van der Waals surface area contributed by atoms with Crippen molar-refractivity contribution in [2.45, 2.75) is 50.9 Å². The number of fused-ring (bicyclic) bond motifs is 1. The SMILES string of the molecule is CCCCOc1ccc(NC(=O)C2(c3ccccc3F)CCCC2)c2cccnc12. The van der Waals surface area contributed by atoms with E-state index in [2.05, 4.69) is 17.2 Å².